The first-order valence-electron chi connectivity index (χ1n) is 8.00. The van der Waals surface area contributed by atoms with Crippen molar-refractivity contribution in [2.45, 2.75) is 51.4 Å². The standard InChI is InChI=1S/C17H31NO4/c1-14(21)12-16(3)4-6-17(7-5-16,13-15(2)22)18(8-10-19)9-11-20/h4-7,14-15,19-22H,8-13H2,1-3H3. The third-order valence-corrected chi connectivity index (χ3v) is 4.19. The zero-order chi connectivity index (χ0) is 16.8. The van der Waals surface area contributed by atoms with Gasteiger partial charge in [-0.25, -0.2) is 0 Å². The van der Waals surface area contributed by atoms with Gasteiger partial charge < -0.3 is 20.4 Å². The average molecular weight is 313 g/mol. The summed E-state index contributed by atoms with van der Waals surface area (Å²) in [6, 6.07) is 0. The largest absolute Gasteiger partial charge is 0.395 e. The Kier molecular flexibility index (Phi) is 7.22. The Morgan fingerprint density at radius 1 is 0.864 bits per heavy atom. The molecule has 4 N–H and O–H groups in total. The van der Waals surface area contributed by atoms with Crippen LogP contribution in [0.2, 0.25) is 0 Å². The molecule has 128 valence electrons. The molecule has 0 heterocycles. The van der Waals surface area contributed by atoms with Gasteiger partial charge in [0.1, 0.15) is 0 Å². The zero-order valence-corrected chi connectivity index (χ0v) is 13.9. The third kappa shape index (κ3) is 5.18. The second-order valence-corrected chi connectivity index (χ2v) is 6.70. The minimum Gasteiger partial charge on any atom is -0.395 e. The lowest BCUT2D eigenvalue weighted by molar-refractivity contribution is 0.0631. The van der Waals surface area contributed by atoms with Crippen LogP contribution >= 0.6 is 0 Å². The maximum absolute atomic E-state index is 9.87. The van der Waals surface area contributed by atoms with E-state index < -0.39 is 17.7 Å². The Hall–Kier alpha value is -0.720. The number of nitrogens with zero attached hydrogens (tertiary/aromatic N) is 1. The van der Waals surface area contributed by atoms with E-state index in [1.165, 1.54) is 0 Å². The lowest BCUT2D eigenvalue weighted by Gasteiger charge is -2.44. The monoisotopic (exact) mass is 313 g/mol. The molecule has 0 bridgehead atoms. The van der Waals surface area contributed by atoms with Crippen LogP contribution in [-0.4, -0.2) is 69.4 Å². The van der Waals surface area contributed by atoms with E-state index in [4.69, 9.17) is 0 Å². The highest BCUT2D eigenvalue weighted by Crippen LogP contribution is 2.37. The van der Waals surface area contributed by atoms with Crippen LogP contribution < -0.4 is 0 Å². The smallest absolute Gasteiger partial charge is 0.0602 e. The van der Waals surface area contributed by atoms with Crippen molar-refractivity contribution in [1.29, 1.82) is 0 Å². The lowest BCUT2D eigenvalue weighted by Crippen LogP contribution is -2.51. The van der Waals surface area contributed by atoms with Crippen LogP contribution in [0.3, 0.4) is 0 Å². The molecule has 2 atom stereocenters. The molecule has 5 heteroatoms. The van der Waals surface area contributed by atoms with Gasteiger partial charge in [0.15, 0.2) is 0 Å². The van der Waals surface area contributed by atoms with Gasteiger partial charge in [0.25, 0.3) is 0 Å². The molecule has 0 aromatic heterocycles. The third-order valence-electron chi connectivity index (χ3n) is 4.19. The van der Waals surface area contributed by atoms with Crippen LogP contribution in [0.1, 0.15) is 33.6 Å². The Balaban J connectivity index is 3.05. The number of aliphatic hydroxyl groups excluding tert-OH is 4. The predicted octanol–water partition coefficient (Wildman–Crippen LogP) is 0.686. The molecule has 0 amide bonds. The number of hydrogen-bond acceptors (Lipinski definition) is 5. The molecular weight excluding hydrogens is 282 g/mol. The summed E-state index contributed by atoms with van der Waals surface area (Å²) in [5.41, 5.74) is -0.738. The average Bonchev–Trinajstić information content (AvgIpc) is 2.40. The molecule has 0 aromatic rings. The van der Waals surface area contributed by atoms with E-state index in [1.807, 2.05) is 17.1 Å². The van der Waals surface area contributed by atoms with Gasteiger partial charge in [0.2, 0.25) is 0 Å². The summed E-state index contributed by atoms with van der Waals surface area (Å²) in [6.45, 7) is 6.41. The van der Waals surface area contributed by atoms with Crippen molar-refractivity contribution < 1.29 is 20.4 Å². The predicted molar refractivity (Wildman–Crippen MR) is 87.5 cm³/mol. The van der Waals surface area contributed by atoms with Crippen LogP contribution in [0.5, 0.6) is 0 Å². The van der Waals surface area contributed by atoms with Gasteiger partial charge >= 0.3 is 0 Å². The molecule has 1 rings (SSSR count). The first-order chi connectivity index (χ1) is 10.3. The van der Waals surface area contributed by atoms with Crippen LogP contribution in [-0.2, 0) is 0 Å². The van der Waals surface area contributed by atoms with E-state index >= 15 is 0 Å². The van der Waals surface area contributed by atoms with Crippen molar-refractivity contribution in [2.24, 2.45) is 5.41 Å². The molecule has 5 nitrogen and oxygen atoms in total. The summed E-state index contributed by atoms with van der Waals surface area (Å²) in [5, 5.41) is 38.1. The maximum Gasteiger partial charge on any atom is 0.0602 e. The van der Waals surface area contributed by atoms with E-state index in [-0.39, 0.29) is 18.6 Å². The van der Waals surface area contributed by atoms with Crippen molar-refractivity contribution in [2.75, 3.05) is 26.3 Å². The number of allylic oxidation sites excluding steroid dienone is 2. The van der Waals surface area contributed by atoms with Gasteiger partial charge in [-0.3, -0.25) is 4.90 Å². The first kappa shape index (κ1) is 19.3. The quantitative estimate of drug-likeness (QED) is 0.471. The Morgan fingerprint density at radius 2 is 1.32 bits per heavy atom. The number of aliphatic hydroxyl groups is 4. The lowest BCUT2D eigenvalue weighted by atomic mass is 9.75. The summed E-state index contributed by atoms with van der Waals surface area (Å²) in [5.74, 6) is 0. The Morgan fingerprint density at radius 3 is 1.68 bits per heavy atom. The minimum absolute atomic E-state index is 0.00577. The maximum atomic E-state index is 9.87. The molecule has 0 aliphatic heterocycles. The summed E-state index contributed by atoms with van der Waals surface area (Å²) in [6.07, 6.45) is 8.41. The highest BCUT2D eigenvalue weighted by Gasteiger charge is 2.37. The molecule has 0 saturated carbocycles. The molecule has 2 unspecified atom stereocenters. The second kappa shape index (κ2) is 8.22. The molecular formula is C17H31NO4. The topological polar surface area (TPSA) is 84.2 Å². The Labute approximate surface area is 133 Å². The number of β-amino-alcohol motifs (C(OH)–C–C–N with tert-alkyl or cyclic N) is 2. The summed E-state index contributed by atoms with van der Waals surface area (Å²) in [7, 11) is 0. The zero-order valence-electron chi connectivity index (χ0n) is 13.9. The fourth-order valence-corrected chi connectivity index (χ4v) is 3.27. The van der Waals surface area contributed by atoms with E-state index in [2.05, 4.69) is 19.1 Å². The molecule has 22 heavy (non-hydrogen) atoms. The van der Waals surface area contributed by atoms with Gasteiger partial charge in [-0.15, -0.1) is 0 Å². The molecule has 0 radical (unpaired) electrons. The highest BCUT2D eigenvalue weighted by molar-refractivity contribution is 5.30. The van der Waals surface area contributed by atoms with E-state index in [0.717, 1.165) is 0 Å². The van der Waals surface area contributed by atoms with Gasteiger partial charge in [-0.05, 0) is 26.7 Å². The summed E-state index contributed by atoms with van der Waals surface area (Å²) >= 11 is 0. The van der Waals surface area contributed by atoms with Crippen molar-refractivity contribution in [3.63, 3.8) is 0 Å². The van der Waals surface area contributed by atoms with E-state index in [0.29, 0.717) is 25.9 Å². The van der Waals surface area contributed by atoms with Gasteiger partial charge in [-0.2, -0.15) is 0 Å². The highest BCUT2D eigenvalue weighted by atomic mass is 16.3. The molecule has 0 fully saturated rings. The normalized spacial score (nSPS) is 30.7. The second-order valence-electron chi connectivity index (χ2n) is 6.70. The van der Waals surface area contributed by atoms with Gasteiger partial charge in [0, 0.05) is 18.5 Å². The summed E-state index contributed by atoms with van der Waals surface area (Å²) < 4.78 is 0. The fraction of sp³-hybridized carbons (Fsp3) is 0.765. The first-order valence-corrected chi connectivity index (χ1v) is 8.00. The molecule has 0 saturated heterocycles. The number of rotatable bonds is 9. The summed E-state index contributed by atoms with van der Waals surface area (Å²) in [4.78, 5) is 1.98. The number of hydrogen-bond donors (Lipinski definition) is 4. The van der Waals surface area contributed by atoms with Crippen molar-refractivity contribution >= 4 is 0 Å². The molecule has 1 aliphatic carbocycles. The van der Waals surface area contributed by atoms with Crippen molar-refractivity contribution in [3.05, 3.63) is 24.3 Å². The van der Waals surface area contributed by atoms with Crippen LogP contribution in [0.15, 0.2) is 24.3 Å². The fourth-order valence-electron chi connectivity index (χ4n) is 3.27. The van der Waals surface area contributed by atoms with Gasteiger partial charge in [0.05, 0.1) is 31.0 Å². The van der Waals surface area contributed by atoms with Crippen molar-refractivity contribution in [1.82, 2.24) is 4.90 Å². The molecule has 0 aromatic carbocycles. The minimum atomic E-state index is -0.516. The van der Waals surface area contributed by atoms with Crippen LogP contribution in [0, 0.1) is 5.41 Å². The van der Waals surface area contributed by atoms with Crippen LogP contribution in [0.4, 0.5) is 0 Å². The Bertz CT molecular complexity index is 370. The van der Waals surface area contributed by atoms with E-state index in [9.17, 15) is 20.4 Å². The van der Waals surface area contributed by atoms with Gasteiger partial charge in [-0.1, -0.05) is 31.2 Å². The molecule has 0 spiro atoms. The van der Waals surface area contributed by atoms with Crippen LogP contribution in [0.25, 0.3) is 0 Å². The van der Waals surface area contributed by atoms with Crippen molar-refractivity contribution in [3.8, 4) is 0 Å². The molecule has 1 aliphatic rings. The van der Waals surface area contributed by atoms with E-state index in [1.54, 1.807) is 13.8 Å². The SMILES string of the molecule is CC(O)CC1(C)C=CC(CC(C)O)(N(CCO)CCO)C=C1.